The summed E-state index contributed by atoms with van der Waals surface area (Å²) in [6, 6.07) is 28.7. The van der Waals surface area contributed by atoms with Gasteiger partial charge in [0.05, 0.1) is 18.2 Å². The number of ether oxygens (including phenoxy) is 3. The van der Waals surface area contributed by atoms with Gasteiger partial charge in [0.25, 0.3) is 0 Å². The van der Waals surface area contributed by atoms with E-state index in [1.54, 1.807) is 30.3 Å². The first kappa shape index (κ1) is 23.1. The lowest BCUT2D eigenvalue weighted by Crippen LogP contribution is -2.02. The van der Waals surface area contributed by atoms with Gasteiger partial charge >= 0.3 is 5.97 Å². The Kier molecular flexibility index (Phi) is 6.37. The summed E-state index contributed by atoms with van der Waals surface area (Å²) in [6.07, 6.45) is 1.76. The highest BCUT2D eigenvalue weighted by Gasteiger charge is 2.30. The minimum absolute atomic E-state index is 0.148. The van der Waals surface area contributed by atoms with Crippen LogP contribution in [0.2, 0.25) is 0 Å². The van der Waals surface area contributed by atoms with Crippen LogP contribution in [0, 0.1) is 6.92 Å². The summed E-state index contributed by atoms with van der Waals surface area (Å²) in [5, 5.41) is 0. The first-order chi connectivity index (χ1) is 17.5. The smallest absolute Gasteiger partial charge is 0.337 e. The van der Waals surface area contributed by atoms with Gasteiger partial charge in [-0.2, -0.15) is 0 Å². The molecule has 4 aromatic rings. The zero-order valence-corrected chi connectivity index (χ0v) is 20.0. The van der Waals surface area contributed by atoms with E-state index in [2.05, 4.69) is 12.1 Å². The van der Waals surface area contributed by atoms with E-state index in [-0.39, 0.29) is 17.5 Å². The van der Waals surface area contributed by atoms with Crippen LogP contribution >= 0.6 is 0 Å². The Bertz CT molecular complexity index is 1450. The molecule has 0 fully saturated rings. The van der Waals surface area contributed by atoms with Gasteiger partial charge < -0.3 is 14.2 Å². The summed E-state index contributed by atoms with van der Waals surface area (Å²) in [5.74, 6) is 0.911. The standard InChI is InChI=1S/C31H24O5/c1-20-27(35-19-22-10-14-25(15-11-22)31(33)34-2)17-16-26-29(32)28(36-30(20)26)18-21-8-12-24(13-9-21)23-6-4-3-5-7-23/h3-18H,19H2,1-2H3/b28-18-. The van der Waals surface area contributed by atoms with Gasteiger partial charge in [0.2, 0.25) is 5.78 Å². The van der Waals surface area contributed by atoms with E-state index in [4.69, 9.17) is 14.2 Å². The molecule has 0 unspecified atom stereocenters. The fraction of sp³-hybridized carbons (Fsp3) is 0.0968. The van der Waals surface area contributed by atoms with Crippen molar-refractivity contribution in [1.82, 2.24) is 0 Å². The molecule has 0 atom stereocenters. The lowest BCUT2D eigenvalue weighted by Gasteiger charge is -2.12. The van der Waals surface area contributed by atoms with Crippen molar-refractivity contribution in [3.8, 4) is 22.6 Å². The summed E-state index contributed by atoms with van der Waals surface area (Å²) in [5.41, 5.74) is 5.80. The highest BCUT2D eigenvalue weighted by molar-refractivity contribution is 6.15. The summed E-state index contributed by atoms with van der Waals surface area (Å²) in [4.78, 5) is 24.6. The predicted octanol–water partition coefficient (Wildman–Crippen LogP) is 6.64. The Hall–Kier alpha value is -4.64. The van der Waals surface area contributed by atoms with Gasteiger partial charge in [-0.05, 0) is 59.5 Å². The third kappa shape index (κ3) is 4.64. The van der Waals surface area contributed by atoms with E-state index in [1.165, 1.54) is 7.11 Å². The third-order valence-corrected chi connectivity index (χ3v) is 6.12. The number of carbonyl (C=O) groups excluding carboxylic acids is 2. The number of carbonyl (C=O) groups is 2. The minimum Gasteiger partial charge on any atom is -0.488 e. The van der Waals surface area contributed by atoms with Crippen molar-refractivity contribution in [1.29, 1.82) is 0 Å². The van der Waals surface area contributed by atoms with Crippen LogP contribution < -0.4 is 9.47 Å². The van der Waals surface area contributed by atoms with Crippen LogP contribution in [0.4, 0.5) is 0 Å². The summed E-state index contributed by atoms with van der Waals surface area (Å²) < 4.78 is 16.7. The third-order valence-electron chi connectivity index (χ3n) is 6.12. The lowest BCUT2D eigenvalue weighted by molar-refractivity contribution is 0.0600. The Morgan fingerprint density at radius 1 is 0.861 bits per heavy atom. The number of hydrogen-bond acceptors (Lipinski definition) is 5. The molecule has 0 saturated heterocycles. The topological polar surface area (TPSA) is 61.8 Å². The molecular weight excluding hydrogens is 452 g/mol. The van der Waals surface area contributed by atoms with Gasteiger partial charge in [-0.15, -0.1) is 0 Å². The molecule has 0 saturated carbocycles. The Morgan fingerprint density at radius 3 is 2.25 bits per heavy atom. The van der Waals surface area contributed by atoms with Gasteiger partial charge in [-0.1, -0.05) is 66.7 Å². The predicted molar refractivity (Wildman–Crippen MR) is 138 cm³/mol. The van der Waals surface area contributed by atoms with Crippen LogP contribution in [0.5, 0.6) is 11.5 Å². The molecule has 0 N–H and O–H groups in total. The molecule has 0 amide bonds. The number of allylic oxidation sites excluding steroid dienone is 1. The molecule has 5 rings (SSSR count). The second kappa shape index (κ2) is 9.92. The highest BCUT2D eigenvalue weighted by atomic mass is 16.5. The fourth-order valence-corrected chi connectivity index (χ4v) is 4.09. The molecule has 178 valence electrons. The van der Waals surface area contributed by atoms with Gasteiger partial charge in [0.15, 0.2) is 5.76 Å². The van der Waals surface area contributed by atoms with Crippen molar-refractivity contribution < 1.29 is 23.8 Å². The van der Waals surface area contributed by atoms with Crippen molar-refractivity contribution >= 4 is 17.8 Å². The molecule has 0 radical (unpaired) electrons. The maximum atomic E-state index is 13.0. The van der Waals surface area contributed by atoms with Crippen molar-refractivity contribution in [3.05, 3.63) is 125 Å². The number of fused-ring (bicyclic) bond motifs is 1. The molecule has 1 heterocycles. The molecule has 0 aliphatic carbocycles. The number of esters is 1. The van der Waals surface area contributed by atoms with Crippen molar-refractivity contribution in [2.75, 3.05) is 7.11 Å². The molecule has 1 aliphatic heterocycles. The summed E-state index contributed by atoms with van der Waals surface area (Å²) in [6.45, 7) is 2.19. The number of Topliss-reactive ketones (excluding diaryl/α,β-unsaturated/α-hetero) is 1. The molecule has 1 aliphatic rings. The first-order valence-electron chi connectivity index (χ1n) is 11.6. The molecular formula is C31H24O5. The van der Waals surface area contributed by atoms with E-state index in [9.17, 15) is 9.59 Å². The number of benzene rings is 4. The summed E-state index contributed by atoms with van der Waals surface area (Å²) >= 11 is 0. The van der Waals surface area contributed by atoms with E-state index >= 15 is 0 Å². The van der Waals surface area contributed by atoms with Crippen LogP contribution in [0.25, 0.3) is 17.2 Å². The summed E-state index contributed by atoms with van der Waals surface area (Å²) in [7, 11) is 1.35. The van der Waals surface area contributed by atoms with Gasteiger partial charge in [-0.25, -0.2) is 4.79 Å². The zero-order valence-electron chi connectivity index (χ0n) is 20.0. The van der Waals surface area contributed by atoms with Crippen molar-refractivity contribution in [3.63, 3.8) is 0 Å². The van der Waals surface area contributed by atoms with Crippen LogP contribution in [-0.4, -0.2) is 18.9 Å². The van der Waals surface area contributed by atoms with Crippen molar-refractivity contribution in [2.45, 2.75) is 13.5 Å². The molecule has 4 aromatic carbocycles. The molecule has 0 spiro atoms. The van der Waals surface area contributed by atoms with E-state index < -0.39 is 0 Å². The van der Waals surface area contributed by atoms with Gasteiger partial charge in [0, 0.05) is 5.56 Å². The van der Waals surface area contributed by atoms with Crippen LogP contribution in [0.1, 0.15) is 37.4 Å². The average molecular weight is 477 g/mol. The second-order valence-electron chi connectivity index (χ2n) is 8.47. The van der Waals surface area contributed by atoms with Crippen LogP contribution in [-0.2, 0) is 11.3 Å². The van der Waals surface area contributed by atoms with E-state index in [0.717, 1.165) is 27.8 Å². The number of hydrogen-bond donors (Lipinski definition) is 0. The quantitative estimate of drug-likeness (QED) is 0.230. The number of methoxy groups -OCH3 is 1. The SMILES string of the molecule is COC(=O)c1ccc(COc2ccc3c(c2C)O/C(=C\c2ccc(-c4ccccc4)cc2)C3=O)cc1. The minimum atomic E-state index is -0.380. The molecule has 0 aromatic heterocycles. The molecule has 5 nitrogen and oxygen atoms in total. The highest BCUT2D eigenvalue weighted by Crippen LogP contribution is 2.39. The fourth-order valence-electron chi connectivity index (χ4n) is 4.09. The Morgan fingerprint density at radius 2 is 1.56 bits per heavy atom. The van der Waals surface area contributed by atoms with Crippen LogP contribution in [0.3, 0.4) is 0 Å². The maximum Gasteiger partial charge on any atom is 0.337 e. The monoisotopic (exact) mass is 476 g/mol. The maximum absolute atomic E-state index is 13.0. The van der Waals surface area contributed by atoms with Crippen LogP contribution in [0.15, 0.2) is 96.8 Å². The second-order valence-corrected chi connectivity index (χ2v) is 8.47. The lowest BCUT2D eigenvalue weighted by atomic mass is 10.0. The Labute approximate surface area is 209 Å². The molecule has 0 bridgehead atoms. The average Bonchev–Trinajstić information content (AvgIpc) is 3.24. The number of ketones is 1. The molecule has 36 heavy (non-hydrogen) atoms. The largest absolute Gasteiger partial charge is 0.488 e. The van der Waals surface area contributed by atoms with Gasteiger partial charge in [0.1, 0.15) is 18.1 Å². The van der Waals surface area contributed by atoms with E-state index in [0.29, 0.717) is 29.2 Å². The normalized spacial score (nSPS) is 13.3. The van der Waals surface area contributed by atoms with Gasteiger partial charge in [-0.3, -0.25) is 4.79 Å². The molecule has 5 heteroatoms. The number of rotatable bonds is 6. The Balaban J connectivity index is 1.30. The van der Waals surface area contributed by atoms with E-state index in [1.807, 2.05) is 61.5 Å². The zero-order chi connectivity index (χ0) is 25.1. The van der Waals surface area contributed by atoms with Crippen molar-refractivity contribution in [2.24, 2.45) is 0 Å². The first-order valence-corrected chi connectivity index (χ1v) is 11.6.